The highest BCUT2D eigenvalue weighted by Gasteiger charge is 2.36. The minimum Gasteiger partial charge on any atom is -0.481 e. The molecule has 2 fully saturated rings. The summed E-state index contributed by atoms with van der Waals surface area (Å²) in [5, 5.41) is 9.06. The maximum Gasteiger partial charge on any atom is 0.308 e. The summed E-state index contributed by atoms with van der Waals surface area (Å²) >= 11 is 1.28. The Labute approximate surface area is 116 Å². The van der Waals surface area contributed by atoms with Crippen molar-refractivity contribution in [3.8, 4) is 0 Å². The van der Waals surface area contributed by atoms with Gasteiger partial charge in [0.05, 0.1) is 5.92 Å². The Kier molecular flexibility index (Phi) is 4.34. The lowest BCUT2D eigenvalue weighted by molar-refractivity contribution is -0.142. The molecule has 0 aliphatic carbocycles. The van der Waals surface area contributed by atoms with Gasteiger partial charge in [-0.1, -0.05) is 18.7 Å². The number of nitrogens with zero attached hydrogens (tertiary/aromatic N) is 2. The molecule has 1 N–H and O–H groups in total. The van der Waals surface area contributed by atoms with Gasteiger partial charge in [-0.25, -0.2) is 0 Å². The highest BCUT2D eigenvalue weighted by Crippen LogP contribution is 2.24. The van der Waals surface area contributed by atoms with Gasteiger partial charge in [0.1, 0.15) is 0 Å². The lowest BCUT2D eigenvalue weighted by atomic mass is 9.99. The number of hydrogen-bond donors (Lipinski definition) is 1. The van der Waals surface area contributed by atoms with E-state index in [1.165, 1.54) is 11.8 Å². The largest absolute Gasteiger partial charge is 0.481 e. The molecule has 0 radical (unpaired) electrons. The van der Waals surface area contributed by atoms with Gasteiger partial charge in [0.2, 0.25) is 5.91 Å². The lowest BCUT2D eigenvalue weighted by Crippen LogP contribution is -2.34. The first-order chi connectivity index (χ1) is 8.99. The van der Waals surface area contributed by atoms with Crippen molar-refractivity contribution in [2.45, 2.75) is 13.3 Å². The third-order valence-corrected chi connectivity index (χ3v) is 4.61. The zero-order valence-electron chi connectivity index (χ0n) is 10.9. The van der Waals surface area contributed by atoms with E-state index >= 15 is 0 Å². The number of carbonyl (C=O) groups is 3. The fourth-order valence-corrected chi connectivity index (χ4v) is 3.36. The highest BCUT2D eigenvalue weighted by molar-refractivity contribution is 8.13. The molecule has 0 aromatic heterocycles. The number of carbonyl (C=O) groups excluding carboxylic acids is 2. The molecule has 2 atom stereocenters. The van der Waals surface area contributed by atoms with Gasteiger partial charge >= 0.3 is 5.97 Å². The van der Waals surface area contributed by atoms with Crippen LogP contribution in [0.4, 0.5) is 4.79 Å². The normalized spacial score (nSPS) is 27.1. The second-order valence-corrected chi connectivity index (χ2v) is 6.12. The maximum atomic E-state index is 12.0. The molecule has 6 nitrogen and oxygen atoms in total. The summed E-state index contributed by atoms with van der Waals surface area (Å²) in [6, 6.07) is 0. The quantitative estimate of drug-likeness (QED) is 0.824. The van der Waals surface area contributed by atoms with Crippen LogP contribution in [-0.4, -0.2) is 64.0 Å². The Balaban J connectivity index is 1.81. The van der Waals surface area contributed by atoms with Crippen molar-refractivity contribution in [3.05, 3.63) is 0 Å². The zero-order valence-corrected chi connectivity index (χ0v) is 11.7. The first-order valence-electron chi connectivity index (χ1n) is 6.41. The first kappa shape index (κ1) is 14.2. The van der Waals surface area contributed by atoms with E-state index in [0.717, 1.165) is 5.75 Å². The number of carboxylic acid groups (broad SMARTS) is 1. The SMILES string of the molecule is CC1CN(C(=O)CCN2CCSC2=O)CC1C(=O)O. The van der Waals surface area contributed by atoms with E-state index in [2.05, 4.69) is 0 Å². The lowest BCUT2D eigenvalue weighted by Gasteiger charge is -2.19. The van der Waals surface area contributed by atoms with Crippen molar-refractivity contribution in [1.29, 1.82) is 0 Å². The molecule has 7 heteroatoms. The fraction of sp³-hybridized carbons (Fsp3) is 0.750. The summed E-state index contributed by atoms with van der Waals surface area (Å²) in [6.45, 7) is 3.78. The van der Waals surface area contributed by atoms with Gasteiger partial charge in [-0.05, 0) is 5.92 Å². The van der Waals surface area contributed by atoms with E-state index in [1.54, 1.807) is 9.80 Å². The molecule has 2 aliphatic rings. The molecule has 2 aliphatic heterocycles. The molecule has 2 unspecified atom stereocenters. The first-order valence-corrected chi connectivity index (χ1v) is 7.40. The van der Waals surface area contributed by atoms with Gasteiger partial charge in [-0.2, -0.15) is 0 Å². The Morgan fingerprint density at radius 2 is 2.16 bits per heavy atom. The topological polar surface area (TPSA) is 77.9 Å². The Morgan fingerprint density at radius 3 is 2.68 bits per heavy atom. The van der Waals surface area contributed by atoms with Gasteiger partial charge in [-0.3, -0.25) is 14.4 Å². The summed E-state index contributed by atoms with van der Waals surface area (Å²) in [5.74, 6) is -0.581. The molecule has 0 aromatic carbocycles. The van der Waals surface area contributed by atoms with Crippen LogP contribution in [0.1, 0.15) is 13.3 Å². The van der Waals surface area contributed by atoms with E-state index in [-0.39, 0.29) is 30.0 Å². The second kappa shape index (κ2) is 5.81. The molecule has 19 heavy (non-hydrogen) atoms. The van der Waals surface area contributed by atoms with Gasteiger partial charge in [-0.15, -0.1) is 0 Å². The van der Waals surface area contributed by atoms with Crippen molar-refractivity contribution < 1.29 is 19.5 Å². The number of thioether (sulfide) groups is 1. The summed E-state index contributed by atoms with van der Waals surface area (Å²) in [5.41, 5.74) is 0. The average molecular weight is 286 g/mol. The Bertz CT molecular complexity index is 401. The van der Waals surface area contributed by atoms with Crippen LogP contribution < -0.4 is 0 Å². The number of hydrogen-bond acceptors (Lipinski definition) is 4. The molecule has 106 valence electrons. The van der Waals surface area contributed by atoms with Gasteiger partial charge in [0.15, 0.2) is 0 Å². The molecule has 2 amide bonds. The maximum absolute atomic E-state index is 12.0. The van der Waals surface area contributed by atoms with Crippen LogP contribution in [0.5, 0.6) is 0 Å². The molecular weight excluding hydrogens is 268 g/mol. The van der Waals surface area contributed by atoms with E-state index < -0.39 is 11.9 Å². The van der Waals surface area contributed by atoms with E-state index in [1.807, 2.05) is 6.92 Å². The molecule has 0 bridgehead atoms. The van der Waals surface area contributed by atoms with Crippen molar-refractivity contribution in [1.82, 2.24) is 9.80 Å². The minimum atomic E-state index is -0.839. The number of amides is 2. The highest BCUT2D eigenvalue weighted by atomic mass is 32.2. The third kappa shape index (κ3) is 3.20. The van der Waals surface area contributed by atoms with Crippen LogP contribution in [0.2, 0.25) is 0 Å². The summed E-state index contributed by atoms with van der Waals surface area (Å²) in [4.78, 5) is 37.7. The van der Waals surface area contributed by atoms with Crippen molar-refractivity contribution in [3.63, 3.8) is 0 Å². The molecular formula is C12H18N2O4S. The van der Waals surface area contributed by atoms with Crippen LogP contribution in [0.25, 0.3) is 0 Å². The van der Waals surface area contributed by atoms with Crippen molar-refractivity contribution in [2.75, 3.05) is 31.9 Å². The van der Waals surface area contributed by atoms with Crippen molar-refractivity contribution in [2.24, 2.45) is 11.8 Å². The monoisotopic (exact) mass is 286 g/mol. The standard InChI is InChI=1S/C12H18N2O4S/c1-8-6-14(7-9(8)11(16)17)10(15)2-3-13-4-5-19-12(13)18/h8-9H,2-7H2,1H3,(H,16,17). The summed E-state index contributed by atoms with van der Waals surface area (Å²) in [6.07, 6.45) is 0.283. The number of rotatable bonds is 4. The minimum absolute atomic E-state index is 0.00887. The Morgan fingerprint density at radius 1 is 1.42 bits per heavy atom. The second-order valence-electron chi connectivity index (χ2n) is 5.07. The summed E-state index contributed by atoms with van der Waals surface area (Å²) < 4.78 is 0. The third-order valence-electron chi connectivity index (χ3n) is 3.72. The van der Waals surface area contributed by atoms with E-state index in [4.69, 9.17) is 5.11 Å². The van der Waals surface area contributed by atoms with E-state index in [9.17, 15) is 14.4 Å². The Hall–Kier alpha value is -1.24. The van der Waals surface area contributed by atoms with Crippen LogP contribution >= 0.6 is 11.8 Å². The van der Waals surface area contributed by atoms with Crippen LogP contribution in [-0.2, 0) is 9.59 Å². The van der Waals surface area contributed by atoms with Crippen LogP contribution in [0.3, 0.4) is 0 Å². The predicted octanol–water partition coefficient (Wildman–Crippen LogP) is 0.724. The molecule has 0 aromatic rings. The number of likely N-dealkylation sites (tertiary alicyclic amines) is 1. The van der Waals surface area contributed by atoms with Gasteiger partial charge < -0.3 is 14.9 Å². The zero-order chi connectivity index (χ0) is 14.0. The smallest absolute Gasteiger partial charge is 0.308 e. The molecule has 2 saturated heterocycles. The van der Waals surface area contributed by atoms with Gasteiger partial charge in [0, 0.05) is 38.4 Å². The van der Waals surface area contributed by atoms with Crippen molar-refractivity contribution >= 4 is 28.9 Å². The van der Waals surface area contributed by atoms with Crippen LogP contribution in [0, 0.1) is 11.8 Å². The molecule has 2 heterocycles. The number of carboxylic acids is 1. The molecule has 2 rings (SSSR count). The predicted molar refractivity (Wildman–Crippen MR) is 70.9 cm³/mol. The fourth-order valence-electron chi connectivity index (χ4n) is 2.51. The molecule has 0 saturated carbocycles. The number of aliphatic carboxylic acids is 1. The van der Waals surface area contributed by atoms with Crippen LogP contribution in [0.15, 0.2) is 0 Å². The van der Waals surface area contributed by atoms with Gasteiger partial charge in [0.25, 0.3) is 5.24 Å². The van der Waals surface area contributed by atoms with E-state index in [0.29, 0.717) is 19.6 Å². The average Bonchev–Trinajstić information content (AvgIpc) is 2.92. The molecule has 0 spiro atoms. The summed E-state index contributed by atoms with van der Waals surface area (Å²) in [7, 11) is 0.